The number of aromatic nitrogens is 1. The number of rotatable bonds is 6. The van der Waals surface area contributed by atoms with Crippen molar-refractivity contribution in [3.63, 3.8) is 0 Å². The SMILES string of the molecule is CCOc1ccc(-c2nc(CC(=O)O)co2)cc1[N+](=O)[O-]. The maximum absolute atomic E-state index is 11.0. The third-order valence-electron chi connectivity index (χ3n) is 2.59. The van der Waals surface area contributed by atoms with Crippen LogP contribution < -0.4 is 4.74 Å². The molecule has 1 N–H and O–H groups in total. The summed E-state index contributed by atoms with van der Waals surface area (Å²) in [6, 6.07) is 4.30. The Hall–Kier alpha value is -2.90. The van der Waals surface area contributed by atoms with Gasteiger partial charge in [-0.15, -0.1) is 0 Å². The molecule has 1 aromatic heterocycles. The highest BCUT2D eigenvalue weighted by molar-refractivity contribution is 5.70. The highest BCUT2D eigenvalue weighted by atomic mass is 16.6. The number of oxazole rings is 1. The van der Waals surface area contributed by atoms with Crippen LogP contribution in [-0.2, 0) is 11.2 Å². The minimum Gasteiger partial charge on any atom is -0.487 e. The number of carboxylic acids is 1. The van der Waals surface area contributed by atoms with Crippen LogP contribution in [0.2, 0.25) is 0 Å². The maximum atomic E-state index is 11.0. The maximum Gasteiger partial charge on any atom is 0.311 e. The lowest BCUT2D eigenvalue weighted by Gasteiger charge is -2.04. The second-order valence-corrected chi connectivity index (χ2v) is 4.09. The van der Waals surface area contributed by atoms with Gasteiger partial charge >= 0.3 is 11.7 Å². The molecule has 0 unspecified atom stereocenters. The van der Waals surface area contributed by atoms with Gasteiger partial charge < -0.3 is 14.3 Å². The number of nitro benzene ring substituents is 1. The molecule has 110 valence electrons. The van der Waals surface area contributed by atoms with Crippen LogP contribution in [-0.4, -0.2) is 27.6 Å². The van der Waals surface area contributed by atoms with Gasteiger partial charge in [0.25, 0.3) is 0 Å². The Morgan fingerprint density at radius 1 is 1.52 bits per heavy atom. The quantitative estimate of drug-likeness (QED) is 0.641. The standard InChI is InChI=1S/C13H12N2O6/c1-2-20-11-4-3-8(5-10(11)15(18)19)13-14-9(7-21-13)6-12(16)17/h3-5,7H,2,6H2,1H3,(H,16,17). The average molecular weight is 292 g/mol. The molecular formula is C13H12N2O6. The van der Waals surface area contributed by atoms with Gasteiger partial charge in [0, 0.05) is 11.6 Å². The van der Waals surface area contributed by atoms with Crippen LogP contribution in [0.1, 0.15) is 12.6 Å². The van der Waals surface area contributed by atoms with E-state index in [1.54, 1.807) is 13.0 Å². The predicted molar refractivity (Wildman–Crippen MR) is 71.1 cm³/mol. The summed E-state index contributed by atoms with van der Waals surface area (Å²) >= 11 is 0. The molecule has 1 heterocycles. The van der Waals surface area contributed by atoms with Gasteiger partial charge in [-0.3, -0.25) is 14.9 Å². The number of benzene rings is 1. The van der Waals surface area contributed by atoms with Crippen LogP contribution in [0, 0.1) is 10.1 Å². The number of carboxylic acid groups (broad SMARTS) is 1. The number of hydrogen-bond donors (Lipinski definition) is 1. The third-order valence-corrected chi connectivity index (χ3v) is 2.59. The Morgan fingerprint density at radius 3 is 2.90 bits per heavy atom. The molecular weight excluding hydrogens is 280 g/mol. The molecule has 0 saturated heterocycles. The van der Waals surface area contributed by atoms with Crippen LogP contribution in [0.5, 0.6) is 5.75 Å². The number of hydrogen-bond acceptors (Lipinski definition) is 6. The van der Waals surface area contributed by atoms with Crippen molar-refractivity contribution >= 4 is 11.7 Å². The fraction of sp³-hybridized carbons (Fsp3) is 0.231. The van der Waals surface area contributed by atoms with E-state index >= 15 is 0 Å². The summed E-state index contributed by atoms with van der Waals surface area (Å²) in [5.74, 6) is -0.756. The van der Waals surface area contributed by atoms with Crippen molar-refractivity contribution in [3.8, 4) is 17.2 Å². The monoisotopic (exact) mass is 292 g/mol. The van der Waals surface area contributed by atoms with E-state index in [0.29, 0.717) is 12.2 Å². The van der Waals surface area contributed by atoms with Gasteiger partial charge in [0.1, 0.15) is 6.26 Å². The Labute approximate surface area is 119 Å². The first-order valence-corrected chi connectivity index (χ1v) is 6.09. The van der Waals surface area contributed by atoms with Crippen molar-refractivity contribution < 1.29 is 24.0 Å². The normalized spacial score (nSPS) is 10.3. The second-order valence-electron chi connectivity index (χ2n) is 4.09. The van der Waals surface area contributed by atoms with Crippen LogP contribution in [0.25, 0.3) is 11.5 Å². The van der Waals surface area contributed by atoms with Gasteiger partial charge in [0.05, 0.1) is 23.6 Å². The van der Waals surface area contributed by atoms with E-state index in [1.165, 1.54) is 18.4 Å². The van der Waals surface area contributed by atoms with Crippen molar-refractivity contribution in [2.75, 3.05) is 6.61 Å². The zero-order chi connectivity index (χ0) is 15.4. The molecule has 0 radical (unpaired) electrons. The van der Waals surface area contributed by atoms with E-state index < -0.39 is 10.9 Å². The number of aliphatic carboxylic acids is 1. The van der Waals surface area contributed by atoms with Crippen molar-refractivity contribution in [3.05, 3.63) is 40.3 Å². The van der Waals surface area contributed by atoms with Gasteiger partial charge in [-0.1, -0.05) is 0 Å². The van der Waals surface area contributed by atoms with E-state index in [-0.39, 0.29) is 29.4 Å². The molecule has 21 heavy (non-hydrogen) atoms. The highest BCUT2D eigenvalue weighted by Gasteiger charge is 2.18. The summed E-state index contributed by atoms with van der Waals surface area (Å²) in [4.78, 5) is 25.0. The van der Waals surface area contributed by atoms with Crippen LogP contribution in [0.3, 0.4) is 0 Å². The molecule has 0 aliphatic heterocycles. The molecule has 0 aliphatic carbocycles. The molecule has 0 atom stereocenters. The lowest BCUT2D eigenvalue weighted by molar-refractivity contribution is -0.385. The first kappa shape index (κ1) is 14.5. The fourth-order valence-electron chi connectivity index (χ4n) is 1.75. The van der Waals surface area contributed by atoms with Gasteiger partial charge in [0.2, 0.25) is 5.89 Å². The molecule has 8 nitrogen and oxygen atoms in total. The third kappa shape index (κ3) is 3.35. The minimum absolute atomic E-state index is 0.123. The van der Waals surface area contributed by atoms with E-state index in [2.05, 4.69) is 4.98 Å². The Balaban J connectivity index is 2.35. The summed E-state index contributed by atoms with van der Waals surface area (Å²) in [6.07, 6.45) is 0.939. The number of nitro groups is 1. The van der Waals surface area contributed by atoms with E-state index in [9.17, 15) is 14.9 Å². The molecule has 0 bridgehead atoms. The smallest absolute Gasteiger partial charge is 0.311 e. The summed E-state index contributed by atoms with van der Waals surface area (Å²) in [7, 11) is 0. The van der Waals surface area contributed by atoms with Gasteiger partial charge in [0.15, 0.2) is 5.75 Å². The average Bonchev–Trinajstić information content (AvgIpc) is 2.87. The number of carbonyl (C=O) groups is 1. The minimum atomic E-state index is -1.03. The molecule has 8 heteroatoms. The molecule has 0 amide bonds. The lowest BCUT2D eigenvalue weighted by Crippen LogP contribution is -2.00. The van der Waals surface area contributed by atoms with E-state index in [4.69, 9.17) is 14.3 Å². The van der Waals surface area contributed by atoms with Gasteiger partial charge in [-0.2, -0.15) is 0 Å². The Morgan fingerprint density at radius 2 is 2.29 bits per heavy atom. The van der Waals surface area contributed by atoms with Crippen LogP contribution >= 0.6 is 0 Å². The van der Waals surface area contributed by atoms with Crippen molar-refractivity contribution in [2.24, 2.45) is 0 Å². The fourth-order valence-corrected chi connectivity index (χ4v) is 1.75. The Kier molecular flexibility index (Phi) is 4.17. The first-order chi connectivity index (χ1) is 10.0. The predicted octanol–water partition coefficient (Wildman–Crippen LogP) is 2.28. The van der Waals surface area contributed by atoms with Crippen molar-refractivity contribution in [1.82, 2.24) is 4.98 Å². The summed E-state index contributed by atoms with van der Waals surface area (Å²) in [5.41, 5.74) is 0.420. The lowest BCUT2D eigenvalue weighted by atomic mass is 10.2. The summed E-state index contributed by atoms with van der Waals surface area (Å²) < 4.78 is 10.3. The Bertz CT molecular complexity index is 679. The second kappa shape index (κ2) is 6.04. The van der Waals surface area contributed by atoms with Gasteiger partial charge in [-0.25, -0.2) is 4.98 Å². The van der Waals surface area contributed by atoms with Crippen LogP contribution in [0.15, 0.2) is 28.9 Å². The van der Waals surface area contributed by atoms with Crippen molar-refractivity contribution in [1.29, 1.82) is 0 Å². The molecule has 0 saturated carbocycles. The van der Waals surface area contributed by atoms with E-state index in [0.717, 1.165) is 0 Å². The summed E-state index contributed by atoms with van der Waals surface area (Å²) in [6.45, 7) is 2.03. The zero-order valence-corrected chi connectivity index (χ0v) is 11.1. The highest BCUT2D eigenvalue weighted by Crippen LogP contribution is 2.32. The molecule has 0 aliphatic rings. The molecule has 2 rings (SSSR count). The topological polar surface area (TPSA) is 116 Å². The zero-order valence-electron chi connectivity index (χ0n) is 11.1. The van der Waals surface area contributed by atoms with Crippen molar-refractivity contribution in [2.45, 2.75) is 13.3 Å². The molecule has 2 aromatic rings. The number of ether oxygens (including phenoxy) is 1. The molecule has 0 spiro atoms. The largest absolute Gasteiger partial charge is 0.487 e. The first-order valence-electron chi connectivity index (χ1n) is 6.09. The van der Waals surface area contributed by atoms with Crippen LogP contribution in [0.4, 0.5) is 5.69 Å². The number of nitrogens with zero attached hydrogens (tertiary/aromatic N) is 2. The van der Waals surface area contributed by atoms with Gasteiger partial charge in [-0.05, 0) is 19.1 Å². The molecule has 1 aromatic carbocycles. The molecule has 0 fully saturated rings. The van der Waals surface area contributed by atoms with E-state index in [1.807, 2.05) is 0 Å². The summed E-state index contributed by atoms with van der Waals surface area (Å²) in [5, 5.41) is 19.7.